The summed E-state index contributed by atoms with van der Waals surface area (Å²) in [6.45, 7) is 2.06. The van der Waals surface area contributed by atoms with Crippen LogP contribution in [-0.4, -0.2) is 51.1 Å². The van der Waals surface area contributed by atoms with Gasteiger partial charge in [0.2, 0.25) is 0 Å². The first-order valence-corrected chi connectivity index (χ1v) is 4.55. The molecule has 2 rings (SSSR count). The van der Waals surface area contributed by atoms with Gasteiger partial charge in [0.25, 0.3) is 5.95 Å². The average Bonchev–Trinajstić information content (AvgIpc) is 2.56. The fourth-order valence-corrected chi connectivity index (χ4v) is 1.37. The number of hydrogen-bond donors (Lipinski definition) is 1. The predicted molar refractivity (Wildman–Crippen MR) is 51.8 cm³/mol. The number of piperidine rings is 1. The third kappa shape index (κ3) is 1.87. The molecule has 0 spiro atoms. The van der Waals surface area contributed by atoms with Crippen LogP contribution in [-0.2, 0) is 0 Å². The Morgan fingerprint density at radius 2 is 2.07 bits per heavy atom. The minimum Gasteiger partial charge on any atom is -0.365 e. The molecule has 0 unspecified atom stereocenters. The Kier molecular flexibility index (Phi) is 2.40. The van der Waals surface area contributed by atoms with Gasteiger partial charge < -0.3 is 10.6 Å². The van der Waals surface area contributed by atoms with E-state index in [1.54, 1.807) is 0 Å². The van der Waals surface area contributed by atoms with E-state index in [9.17, 15) is 0 Å². The van der Waals surface area contributed by atoms with Crippen molar-refractivity contribution in [1.82, 2.24) is 25.2 Å². The van der Waals surface area contributed by atoms with Crippen LogP contribution >= 0.6 is 0 Å². The molecule has 76 valence electrons. The largest absolute Gasteiger partial charge is 0.365 e. The lowest BCUT2D eigenvalue weighted by molar-refractivity contribution is 0.335. The van der Waals surface area contributed by atoms with E-state index in [1.807, 2.05) is 0 Å². The molecular formula is C7H13N7. The Morgan fingerprint density at radius 1 is 1.36 bits per heavy atom. The molecule has 1 aliphatic rings. The zero-order valence-corrected chi connectivity index (χ0v) is 8.09. The van der Waals surface area contributed by atoms with Gasteiger partial charge in [-0.1, -0.05) is 9.89 Å². The first-order chi connectivity index (χ1) is 6.75. The zero-order valence-electron chi connectivity index (χ0n) is 8.09. The number of hydrogen-bond acceptors (Lipinski definition) is 6. The lowest BCUT2D eigenvalue weighted by Crippen LogP contribution is -2.30. The molecule has 0 aliphatic carbocycles. The Labute approximate surface area is 81.6 Å². The number of aromatic nitrogens is 4. The molecule has 2 heterocycles. The van der Waals surface area contributed by atoms with Crippen molar-refractivity contribution in [2.24, 2.45) is 5.10 Å². The minimum absolute atomic E-state index is 0.233. The molecule has 0 atom stereocenters. The highest BCUT2D eigenvalue weighted by atomic mass is 15.7. The van der Waals surface area contributed by atoms with Crippen molar-refractivity contribution in [2.75, 3.05) is 25.9 Å². The summed E-state index contributed by atoms with van der Waals surface area (Å²) in [5.74, 6) is 0.233. The van der Waals surface area contributed by atoms with E-state index in [0.717, 1.165) is 31.6 Å². The number of anilines is 1. The van der Waals surface area contributed by atoms with Crippen molar-refractivity contribution in [2.45, 2.75) is 12.8 Å². The summed E-state index contributed by atoms with van der Waals surface area (Å²) in [4.78, 5) is 3.54. The number of nitrogens with two attached hydrogens (primary N) is 1. The van der Waals surface area contributed by atoms with Gasteiger partial charge in [0.1, 0.15) is 0 Å². The molecule has 7 heteroatoms. The molecule has 14 heavy (non-hydrogen) atoms. The van der Waals surface area contributed by atoms with Gasteiger partial charge in [-0.15, -0.1) is 0 Å². The second-order valence-corrected chi connectivity index (χ2v) is 3.40. The molecular weight excluding hydrogens is 182 g/mol. The summed E-state index contributed by atoms with van der Waals surface area (Å²) < 4.78 is 0. The van der Waals surface area contributed by atoms with Gasteiger partial charge in [-0.05, 0) is 17.5 Å². The van der Waals surface area contributed by atoms with E-state index in [2.05, 4.69) is 32.6 Å². The first-order valence-electron chi connectivity index (χ1n) is 4.55. The van der Waals surface area contributed by atoms with Crippen LogP contribution < -0.4 is 5.73 Å². The fourth-order valence-electron chi connectivity index (χ4n) is 1.37. The van der Waals surface area contributed by atoms with Crippen molar-refractivity contribution in [1.29, 1.82) is 0 Å². The summed E-state index contributed by atoms with van der Waals surface area (Å²) in [6, 6.07) is 0. The van der Waals surface area contributed by atoms with Crippen molar-refractivity contribution < 1.29 is 0 Å². The number of nitrogens with zero attached hydrogens (tertiary/aromatic N) is 6. The second-order valence-electron chi connectivity index (χ2n) is 3.40. The van der Waals surface area contributed by atoms with Crippen LogP contribution in [0.5, 0.6) is 0 Å². The predicted octanol–water partition coefficient (Wildman–Crippen LogP) is -0.815. The van der Waals surface area contributed by atoms with Gasteiger partial charge in [0.05, 0.1) is 0 Å². The van der Waals surface area contributed by atoms with Crippen LogP contribution in [0.2, 0.25) is 0 Å². The fraction of sp³-hybridized carbons (Fsp3) is 0.714. The van der Waals surface area contributed by atoms with Crippen LogP contribution in [0.4, 0.5) is 5.95 Å². The van der Waals surface area contributed by atoms with Crippen molar-refractivity contribution in [3.8, 4) is 0 Å². The highest BCUT2D eigenvalue weighted by molar-refractivity contribution is 5.85. The lowest BCUT2D eigenvalue weighted by atomic mass is 10.1. The summed E-state index contributed by atoms with van der Waals surface area (Å²) in [7, 11) is 2.10. The number of nitrogen functional groups attached to an aromatic ring is 1. The van der Waals surface area contributed by atoms with Crippen molar-refractivity contribution in [3.63, 3.8) is 0 Å². The van der Waals surface area contributed by atoms with Gasteiger partial charge in [-0.2, -0.15) is 5.10 Å². The Morgan fingerprint density at radius 3 is 2.64 bits per heavy atom. The molecule has 0 radical (unpaired) electrons. The number of likely N-dealkylation sites (tertiary alicyclic amines) is 1. The lowest BCUT2D eigenvalue weighted by Gasteiger charge is -2.22. The molecule has 2 N–H and O–H groups in total. The monoisotopic (exact) mass is 195 g/mol. The topological polar surface area (TPSA) is 85.2 Å². The highest BCUT2D eigenvalue weighted by Crippen LogP contribution is 2.06. The van der Waals surface area contributed by atoms with Crippen molar-refractivity contribution >= 4 is 11.7 Å². The Balaban J connectivity index is 2.08. The third-order valence-electron chi connectivity index (χ3n) is 2.28. The average molecular weight is 195 g/mol. The standard InChI is InChI=1S/C7H13N7/c1-13-4-2-6(3-5-13)10-14-7(8)9-11-12-14/h2-5H2,1H3,(H2,8,9,12). The Hall–Kier alpha value is -1.50. The summed E-state index contributed by atoms with van der Waals surface area (Å²) in [5, 5.41) is 14.9. The van der Waals surface area contributed by atoms with Crippen molar-refractivity contribution in [3.05, 3.63) is 0 Å². The molecule has 1 aromatic heterocycles. The van der Waals surface area contributed by atoms with Crippen LogP contribution in [0, 0.1) is 0 Å². The molecule has 0 bridgehead atoms. The van der Waals surface area contributed by atoms with Gasteiger partial charge in [0.15, 0.2) is 0 Å². The maximum Gasteiger partial charge on any atom is 0.263 e. The van der Waals surface area contributed by atoms with E-state index in [4.69, 9.17) is 5.73 Å². The molecule has 1 aliphatic heterocycles. The molecule has 0 saturated carbocycles. The van der Waals surface area contributed by atoms with Crippen LogP contribution in [0.1, 0.15) is 12.8 Å². The normalized spacial score (nSPS) is 18.5. The number of tetrazole rings is 1. The highest BCUT2D eigenvalue weighted by Gasteiger charge is 2.12. The summed E-state index contributed by atoms with van der Waals surface area (Å²) >= 11 is 0. The van der Waals surface area contributed by atoms with Gasteiger partial charge >= 0.3 is 0 Å². The van der Waals surface area contributed by atoms with E-state index in [1.165, 1.54) is 4.79 Å². The quantitative estimate of drug-likeness (QED) is 0.633. The van der Waals surface area contributed by atoms with Gasteiger partial charge in [-0.3, -0.25) is 0 Å². The summed E-state index contributed by atoms with van der Waals surface area (Å²) in [5.41, 5.74) is 6.59. The van der Waals surface area contributed by atoms with Crippen LogP contribution in [0.25, 0.3) is 0 Å². The molecule has 1 saturated heterocycles. The SMILES string of the molecule is CN1CCC(=Nn2nnnc2N)CC1. The van der Waals surface area contributed by atoms with Gasteiger partial charge in [-0.25, -0.2) is 0 Å². The second kappa shape index (κ2) is 3.70. The zero-order chi connectivity index (χ0) is 9.97. The minimum atomic E-state index is 0.233. The van der Waals surface area contributed by atoms with Gasteiger partial charge in [0, 0.05) is 31.6 Å². The third-order valence-corrected chi connectivity index (χ3v) is 2.28. The molecule has 1 aromatic rings. The summed E-state index contributed by atoms with van der Waals surface area (Å²) in [6.07, 6.45) is 1.91. The Bertz CT molecular complexity index is 332. The van der Waals surface area contributed by atoms with E-state index in [0.29, 0.717) is 0 Å². The van der Waals surface area contributed by atoms with E-state index < -0.39 is 0 Å². The maximum atomic E-state index is 5.49. The van der Waals surface area contributed by atoms with Crippen LogP contribution in [0.15, 0.2) is 5.10 Å². The molecule has 0 aromatic carbocycles. The first kappa shape index (κ1) is 9.07. The molecule has 7 nitrogen and oxygen atoms in total. The van der Waals surface area contributed by atoms with E-state index in [-0.39, 0.29) is 5.95 Å². The van der Waals surface area contributed by atoms with Crippen LogP contribution in [0.3, 0.4) is 0 Å². The molecule has 0 amide bonds. The van der Waals surface area contributed by atoms with E-state index >= 15 is 0 Å². The number of rotatable bonds is 1. The maximum absolute atomic E-state index is 5.49. The molecule has 1 fully saturated rings. The smallest absolute Gasteiger partial charge is 0.263 e.